The average molecular weight is 537 g/mol. The van der Waals surface area contributed by atoms with Crippen LogP contribution in [0.2, 0.25) is 0 Å². The molecule has 0 spiro atoms. The predicted octanol–water partition coefficient (Wildman–Crippen LogP) is 3.53. The van der Waals surface area contributed by atoms with Crippen molar-refractivity contribution < 1.29 is 33.2 Å². The normalized spacial score (nSPS) is 26.7. The molecule has 11 heteroatoms. The van der Waals surface area contributed by atoms with Crippen molar-refractivity contribution in [2.24, 2.45) is 17.8 Å². The van der Waals surface area contributed by atoms with E-state index in [2.05, 4.69) is 27.7 Å². The number of aliphatic hydroxyl groups excluding tert-OH is 1. The molecule has 2 N–H and O–H groups in total. The smallest absolute Gasteiger partial charge is 0.394 e. The third-order valence-electron chi connectivity index (χ3n) is 6.68. The van der Waals surface area contributed by atoms with Crippen molar-refractivity contribution in [1.82, 2.24) is 9.80 Å². The predicted molar refractivity (Wildman–Crippen MR) is 138 cm³/mol. The first-order valence-corrected chi connectivity index (χ1v) is 15.4. The Kier molecular flexibility index (Phi) is 12.5. The van der Waals surface area contributed by atoms with Crippen molar-refractivity contribution in [3.8, 4) is 0 Å². The molecule has 2 amide bonds. The molecule has 2 saturated heterocycles. The lowest BCUT2D eigenvalue weighted by atomic mass is 10.00. The summed E-state index contributed by atoms with van der Waals surface area (Å²) < 4.78 is 23.4. The fraction of sp³-hybridized carbons (Fsp3) is 0.917. The molecule has 2 aliphatic heterocycles. The Labute approximate surface area is 214 Å². The van der Waals surface area contributed by atoms with Gasteiger partial charge in [-0.2, -0.15) is 11.8 Å². The Morgan fingerprint density at radius 1 is 1.11 bits per heavy atom. The zero-order valence-electron chi connectivity index (χ0n) is 21.9. The van der Waals surface area contributed by atoms with E-state index >= 15 is 0 Å². The molecule has 2 heterocycles. The van der Waals surface area contributed by atoms with Gasteiger partial charge in [-0.15, -0.1) is 0 Å². The van der Waals surface area contributed by atoms with E-state index in [1.54, 1.807) is 16.7 Å². The van der Waals surface area contributed by atoms with E-state index in [1.807, 2.05) is 11.8 Å². The van der Waals surface area contributed by atoms with Gasteiger partial charge < -0.3 is 19.8 Å². The molecule has 2 fully saturated rings. The van der Waals surface area contributed by atoms with Crippen molar-refractivity contribution in [2.45, 2.75) is 84.1 Å². The van der Waals surface area contributed by atoms with Crippen molar-refractivity contribution in [2.75, 3.05) is 38.6 Å². The lowest BCUT2D eigenvalue weighted by molar-refractivity contribution is -0.133. The minimum Gasteiger partial charge on any atom is -0.394 e. The van der Waals surface area contributed by atoms with E-state index < -0.39 is 20.0 Å². The highest BCUT2D eigenvalue weighted by Crippen LogP contribution is 2.47. The molecule has 35 heavy (non-hydrogen) atoms. The number of amides is 2. The van der Waals surface area contributed by atoms with Gasteiger partial charge in [0.25, 0.3) is 0 Å². The van der Waals surface area contributed by atoms with E-state index in [0.29, 0.717) is 37.1 Å². The van der Waals surface area contributed by atoms with E-state index in [1.165, 1.54) is 0 Å². The van der Waals surface area contributed by atoms with Crippen molar-refractivity contribution >= 4 is 31.4 Å². The Bertz CT molecular complexity index is 739. The molecule has 2 aliphatic rings. The Hall–Kier alpha value is -0.640. The molecule has 0 radical (unpaired) electrons. The SMILES string of the molecule is CC(C)CCC(=O)N1CC(C)C(COP(=O)(O)OC2CC(CO)N(C(=O)CCCSC(C)C)C2)C1. The van der Waals surface area contributed by atoms with Gasteiger partial charge in [0.1, 0.15) is 0 Å². The molecule has 204 valence electrons. The van der Waals surface area contributed by atoms with Gasteiger partial charge in [-0.25, -0.2) is 4.57 Å². The number of nitrogens with zero attached hydrogens (tertiary/aromatic N) is 2. The minimum atomic E-state index is -4.35. The Morgan fingerprint density at radius 3 is 2.46 bits per heavy atom. The zero-order valence-corrected chi connectivity index (χ0v) is 23.6. The van der Waals surface area contributed by atoms with E-state index in [4.69, 9.17) is 9.05 Å². The maximum absolute atomic E-state index is 12.6. The first-order chi connectivity index (χ1) is 16.4. The summed E-state index contributed by atoms with van der Waals surface area (Å²) in [6, 6.07) is -0.425. The summed E-state index contributed by atoms with van der Waals surface area (Å²) in [6.07, 6.45) is 2.10. The summed E-state index contributed by atoms with van der Waals surface area (Å²) in [5, 5.41) is 10.2. The van der Waals surface area contributed by atoms with Crippen LogP contribution < -0.4 is 0 Å². The summed E-state index contributed by atoms with van der Waals surface area (Å²) in [5.74, 6) is 1.51. The van der Waals surface area contributed by atoms with Crippen LogP contribution >= 0.6 is 19.6 Å². The fourth-order valence-electron chi connectivity index (χ4n) is 4.55. The second kappa shape index (κ2) is 14.3. The minimum absolute atomic E-state index is 0.0230. The number of thioether (sulfide) groups is 1. The van der Waals surface area contributed by atoms with E-state index in [9.17, 15) is 24.2 Å². The first kappa shape index (κ1) is 30.6. The molecule has 0 aromatic carbocycles. The first-order valence-electron chi connectivity index (χ1n) is 12.9. The quantitative estimate of drug-likeness (QED) is 0.256. The number of aliphatic hydroxyl groups is 1. The van der Waals surface area contributed by atoms with Crippen molar-refractivity contribution in [3.63, 3.8) is 0 Å². The van der Waals surface area contributed by atoms with Crippen LogP contribution in [-0.2, 0) is 23.2 Å². The second-order valence-electron chi connectivity index (χ2n) is 10.6. The lowest BCUT2D eigenvalue weighted by Crippen LogP contribution is -2.38. The molecule has 0 bridgehead atoms. The lowest BCUT2D eigenvalue weighted by Gasteiger charge is -2.23. The second-order valence-corrected chi connectivity index (χ2v) is 13.7. The topological polar surface area (TPSA) is 117 Å². The summed E-state index contributed by atoms with van der Waals surface area (Å²) in [7, 11) is -4.35. The maximum Gasteiger partial charge on any atom is 0.472 e. The molecule has 5 unspecified atom stereocenters. The average Bonchev–Trinajstić information content (AvgIpc) is 3.36. The van der Waals surface area contributed by atoms with Crippen LogP contribution in [0.3, 0.4) is 0 Å². The summed E-state index contributed by atoms with van der Waals surface area (Å²) in [5.41, 5.74) is 0. The van der Waals surface area contributed by atoms with Crippen LogP contribution in [0.5, 0.6) is 0 Å². The highest BCUT2D eigenvalue weighted by molar-refractivity contribution is 7.99. The van der Waals surface area contributed by atoms with Gasteiger partial charge >= 0.3 is 7.82 Å². The van der Waals surface area contributed by atoms with Crippen LogP contribution in [-0.4, -0.2) is 87.6 Å². The number of phosphoric ester groups is 1. The summed E-state index contributed by atoms with van der Waals surface area (Å²) in [6.45, 7) is 11.5. The monoisotopic (exact) mass is 536 g/mol. The van der Waals surface area contributed by atoms with Gasteiger partial charge in [0, 0.05) is 38.4 Å². The molecule has 0 aliphatic carbocycles. The highest BCUT2D eigenvalue weighted by atomic mass is 32.2. The fourth-order valence-corrected chi connectivity index (χ4v) is 6.30. The van der Waals surface area contributed by atoms with Crippen LogP contribution in [0.25, 0.3) is 0 Å². The maximum atomic E-state index is 12.6. The number of hydrogen-bond donors (Lipinski definition) is 2. The van der Waals surface area contributed by atoms with Crippen LogP contribution in [0.1, 0.15) is 66.7 Å². The van der Waals surface area contributed by atoms with Crippen molar-refractivity contribution in [1.29, 1.82) is 0 Å². The van der Waals surface area contributed by atoms with Gasteiger partial charge in [-0.1, -0.05) is 34.6 Å². The molecule has 0 aromatic rings. The molecule has 0 saturated carbocycles. The van der Waals surface area contributed by atoms with Gasteiger partial charge in [-0.3, -0.25) is 18.6 Å². The number of likely N-dealkylation sites (tertiary alicyclic amines) is 2. The third kappa shape index (κ3) is 10.3. The molecular weight excluding hydrogens is 491 g/mol. The number of carbonyl (C=O) groups excluding carboxylic acids is 2. The number of carbonyl (C=O) groups is 2. The Balaban J connectivity index is 1.80. The van der Waals surface area contributed by atoms with E-state index in [0.717, 1.165) is 18.6 Å². The third-order valence-corrected chi connectivity index (χ3v) is 8.91. The summed E-state index contributed by atoms with van der Waals surface area (Å²) in [4.78, 5) is 38.8. The number of rotatable bonds is 14. The molecular formula is C24H45N2O7PS. The standard InChI is InChI=1S/C24H45N2O7PS/c1-17(2)8-9-23(28)25-12-19(5)20(13-25)16-32-34(30,31)33-22-11-21(15-27)26(14-22)24(29)7-6-10-35-18(3)4/h17-22,27H,6-16H2,1-5H3,(H,30,31). The van der Waals surface area contributed by atoms with Gasteiger partial charge in [0.15, 0.2) is 0 Å². The van der Waals surface area contributed by atoms with Crippen LogP contribution in [0.4, 0.5) is 0 Å². The molecule has 5 atom stereocenters. The van der Waals surface area contributed by atoms with Crippen LogP contribution in [0, 0.1) is 17.8 Å². The highest BCUT2D eigenvalue weighted by Gasteiger charge is 2.40. The van der Waals surface area contributed by atoms with E-state index in [-0.39, 0.29) is 49.8 Å². The Morgan fingerprint density at radius 2 is 1.83 bits per heavy atom. The number of phosphoric acid groups is 1. The molecule has 2 rings (SSSR count). The van der Waals surface area contributed by atoms with Gasteiger partial charge in [0.05, 0.1) is 25.4 Å². The van der Waals surface area contributed by atoms with Gasteiger partial charge in [0.2, 0.25) is 11.8 Å². The number of hydrogen-bond acceptors (Lipinski definition) is 7. The molecule has 0 aromatic heterocycles. The zero-order chi connectivity index (χ0) is 26.2. The van der Waals surface area contributed by atoms with Gasteiger partial charge in [-0.05, 0) is 42.1 Å². The van der Waals surface area contributed by atoms with Crippen LogP contribution in [0.15, 0.2) is 0 Å². The molecule has 9 nitrogen and oxygen atoms in total. The van der Waals surface area contributed by atoms with Crippen molar-refractivity contribution in [3.05, 3.63) is 0 Å². The largest absolute Gasteiger partial charge is 0.472 e. The summed E-state index contributed by atoms with van der Waals surface area (Å²) >= 11 is 1.80.